The standard InChI is InChI=1S/C15H17N3O/c1-12-4-2-3-5-13(12)14-6-7-16-15(17-14)18-8-10-19-11-9-18/h2-7H,8-11H2,1H3. The highest BCUT2D eigenvalue weighted by Gasteiger charge is 2.14. The first-order valence-corrected chi connectivity index (χ1v) is 6.56. The van der Waals surface area contributed by atoms with Crippen molar-refractivity contribution in [1.82, 2.24) is 9.97 Å². The van der Waals surface area contributed by atoms with Gasteiger partial charge in [-0.2, -0.15) is 0 Å². The molecule has 3 rings (SSSR count). The van der Waals surface area contributed by atoms with Gasteiger partial charge in [-0.05, 0) is 18.6 Å². The van der Waals surface area contributed by atoms with Gasteiger partial charge in [0.1, 0.15) is 0 Å². The van der Waals surface area contributed by atoms with Crippen molar-refractivity contribution in [2.24, 2.45) is 0 Å². The van der Waals surface area contributed by atoms with Crippen LogP contribution in [0.2, 0.25) is 0 Å². The van der Waals surface area contributed by atoms with Gasteiger partial charge in [0.15, 0.2) is 0 Å². The van der Waals surface area contributed by atoms with Crippen LogP contribution in [0.3, 0.4) is 0 Å². The summed E-state index contributed by atoms with van der Waals surface area (Å²) in [6.07, 6.45) is 1.83. The van der Waals surface area contributed by atoms with Crippen LogP contribution in [0.1, 0.15) is 5.56 Å². The second kappa shape index (κ2) is 5.36. The topological polar surface area (TPSA) is 38.2 Å². The zero-order valence-corrected chi connectivity index (χ0v) is 11.0. The van der Waals surface area contributed by atoms with Gasteiger partial charge in [-0.15, -0.1) is 0 Å². The molecule has 0 atom stereocenters. The van der Waals surface area contributed by atoms with Crippen LogP contribution in [-0.4, -0.2) is 36.3 Å². The van der Waals surface area contributed by atoms with E-state index in [2.05, 4.69) is 33.9 Å². The van der Waals surface area contributed by atoms with Crippen molar-refractivity contribution in [3.63, 3.8) is 0 Å². The number of anilines is 1. The monoisotopic (exact) mass is 255 g/mol. The summed E-state index contributed by atoms with van der Waals surface area (Å²) in [5, 5.41) is 0. The zero-order valence-electron chi connectivity index (χ0n) is 11.0. The summed E-state index contributed by atoms with van der Waals surface area (Å²) in [4.78, 5) is 11.2. The molecule has 2 aromatic rings. The summed E-state index contributed by atoms with van der Waals surface area (Å²) in [5.74, 6) is 0.795. The Morgan fingerprint density at radius 2 is 1.89 bits per heavy atom. The largest absolute Gasteiger partial charge is 0.378 e. The summed E-state index contributed by atoms with van der Waals surface area (Å²) in [6, 6.07) is 10.3. The molecule has 0 radical (unpaired) electrons. The van der Waals surface area contributed by atoms with Crippen LogP contribution >= 0.6 is 0 Å². The maximum absolute atomic E-state index is 5.36. The van der Waals surface area contributed by atoms with Crippen molar-refractivity contribution in [1.29, 1.82) is 0 Å². The molecule has 2 heterocycles. The van der Waals surface area contributed by atoms with Crippen LogP contribution in [0.4, 0.5) is 5.95 Å². The minimum atomic E-state index is 0.748. The van der Waals surface area contributed by atoms with E-state index in [4.69, 9.17) is 4.74 Å². The fraction of sp³-hybridized carbons (Fsp3) is 0.333. The van der Waals surface area contributed by atoms with Crippen molar-refractivity contribution in [2.45, 2.75) is 6.92 Å². The van der Waals surface area contributed by atoms with Crippen LogP contribution in [0, 0.1) is 6.92 Å². The van der Waals surface area contributed by atoms with Crippen molar-refractivity contribution < 1.29 is 4.74 Å². The smallest absolute Gasteiger partial charge is 0.226 e. The van der Waals surface area contributed by atoms with E-state index in [1.807, 2.05) is 24.4 Å². The van der Waals surface area contributed by atoms with E-state index in [1.54, 1.807) is 0 Å². The minimum absolute atomic E-state index is 0.748. The third-order valence-corrected chi connectivity index (χ3v) is 3.36. The van der Waals surface area contributed by atoms with Crippen molar-refractivity contribution in [3.05, 3.63) is 42.1 Å². The molecule has 0 aliphatic carbocycles. The van der Waals surface area contributed by atoms with E-state index in [9.17, 15) is 0 Å². The molecule has 4 nitrogen and oxygen atoms in total. The first-order valence-electron chi connectivity index (χ1n) is 6.56. The lowest BCUT2D eigenvalue weighted by Crippen LogP contribution is -2.37. The number of aromatic nitrogens is 2. The van der Waals surface area contributed by atoms with Crippen molar-refractivity contribution in [2.75, 3.05) is 31.2 Å². The van der Waals surface area contributed by atoms with Gasteiger partial charge in [-0.25, -0.2) is 9.97 Å². The molecule has 4 heteroatoms. The summed E-state index contributed by atoms with van der Waals surface area (Å²) in [7, 11) is 0. The minimum Gasteiger partial charge on any atom is -0.378 e. The number of aryl methyl sites for hydroxylation is 1. The van der Waals surface area contributed by atoms with E-state index in [1.165, 1.54) is 11.1 Å². The number of hydrogen-bond donors (Lipinski definition) is 0. The molecule has 1 aromatic carbocycles. The Labute approximate surface area is 113 Å². The maximum Gasteiger partial charge on any atom is 0.226 e. The zero-order chi connectivity index (χ0) is 13.1. The number of morpholine rings is 1. The van der Waals surface area contributed by atoms with Crippen molar-refractivity contribution in [3.8, 4) is 11.3 Å². The van der Waals surface area contributed by atoms with Gasteiger partial charge in [-0.1, -0.05) is 24.3 Å². The fourth-order valence-electron chi connectivity index (χ4n) is 2.27. The second-order valence-electron chi connectivity index (χ2n) is 4.66. The Balaban J connectivity index is 1.93. The maximum atomic E-state index is 5.36. The Morgan fingerprint density at radius 3 is 2.68 bits per heavy atom. The van der Waals surface area contributed by atoms with Crippen LogP contribution in [-0.2, 0) is 4.74 Å². The van der Waals surface area contributed by atoms with Crippen LogP contribution in [0.5, 0.6) is 0 Å². The molecule has 0 bridgehead atoms. The van der Waals surface area contributed by atoms with Gasteiger partial charge < -0.3 is 9.64 Å². The van der Waals surface area contributed by atoms with Crippen LogP contribution in [0.15, 0.2) is 36.5 Å². The van der Waals surface area contributed by atoms with Gasteiger partial charge in [0, 0.05) is 24.8 Å². The van der Waals surface area contributed by atoms with Gasteiger partial charge in [0.05, 0.1) is 18.9 Å². The molecular weight excluding hydrogens is 238 g/mol. The van der Waals surface area contributed by atoms with Gasteiger partial charge in [-0.3, -0.25) is 0 Å². The molecule has 98 valence electrons. The number of rotatable bonds is 2. The van der Waals surface area contributed by atoms with Gasteiger partial charge in [0.2, 0.25) is 5.95 Å². The SMILES string of the molecule is Cc1ccccc1-c1ccnc(N2CCOCC2)n1. The lowest BCUT2D eigenvalue weighted by atomic mass is 10.1. The molecule has 0 amide bonds. The number of nitrogens with zero attached hydrogens (tertiary/aromatic N) is 3. The molecule has 0 unspecified atom stereocenters. The Morgan fingerprint density at radius 1 is 1.11 bits per heavy atom. The Kier molecular flexibility index (Phi) is 3.42. The van der Waals surface area contributed by atoms with Crippen LogP contribution < -0.4 is 4.90 Å². The van der Waals surface area contributed by atoms with E-state index in [-0.39, 0.29) is 0 Å². The normalized spacial score (nSPS) is 15.5. The second-order valence-corrected chi connectivity index (χ2v) is 4.66. The quantitative estimate of drug-likeness (QED) is 0.825. The molecule has 0 spiro atoms. The molecule has 0 saturated carbocycles. The average Bonchev–Trinajstić information content (AvgIpc) is 2.49. The molecule has 1 saturated heterocycles. The highest BCUT2D eigenvalue weighted by molar-refractivity contribution is 5.64. The van der Waals surface area contributed by atoms with Crippen LogP contribution in [0.25, 0.3) is 11.3 Å². The average molecular weight is 255 g/mol. The number of hydrogen-bond acceptors (Lipinski definition) is 4. The predicted octanol–water partition coefficient (Wildman–Crippen LogP) is 2.29. The van der Waals surface area contributed by atoms with E-state index < -0.39 is 0 Å². The Bertz CT molecular complexity index is 565. The molecule has 1 aliphatic heterocycles. The van der Waals surface area contributed by atoms with Gasteiger partial charge in [0.25, 0.3) is 0 Å². The first kappa shape index (κ1) is 12.1. The highest BCUT2D eigenvalue weighted by Crippen LogP contribution is 2.22. The summed E-state index contributed by atoms with van der Waals surface area (Å²) < 4.78 is 5.36. The summed E-state index contributed by atoms with van der Waals surface area (Å²) >= 11 is 0. The fourth-order valence-corrected chi connectivity index (χ4v) is 2.27. The highest BCUT2D eigenvalue weighted by atomic mass is 16.5. The molecule has 19 heavy (non-hydrogen) atoms. The summed E-state index contributed by atoms with van der Waals surface area (Å²) in [6.45, 7) is 5.32. The molecule has 1 fully saturated rings. The third-order valence-electron chi connectivity index (χ3n) is 3.36. The first-order chi connectivity index (χ1) is 9.34. The Hall–Kier alpha value is -1.94. The lowest BCUT2D eigenvalue weighted by Gasteiger charge is -2.26. The van der Waals surface area contributed by atoms with E-state index in [0.29, 0.717) is 0 Å². The molecule has 1 aromatic heterocycles. The van der Waals surface area contributed by atoms with E-state index >= 15 is 0 Å². The lowest BCUT2D eigenvalue weighted by molar-refractivity contribution is 0.122. The van der Waals surface area contributed by atoms with Crippen molar-refractivity contribution >= 4 is 5.95 Å². The van der Waals surface area contributed by atoms with Gasteiger partial charge >= 0.3 is 0 Å². The number of benzene rings is 1. The summed E-state index contributed by atoms with van der Waals surface area (Å²) in [5.41, 5.74) is 3.38. The predicted molar refractivity (Wildman–Crippen MR) is 75.2 cm³/mol. The molecule has 1 aliphatic rings. The number of ether oxygens (including phenoxy) is 1. The molecular formula is C15H17N3O. The third kappa shape index (κ3) is 2.58. The van der Waals surface area contributed by atoms with E-state index in [0.717, 1.165) is 37.9 Å². The molecule has 0 N–H and O–H groups in total.